The van der Waals surface area contributed by atoms with Gasteiger partial charge in [0.05, 0.1) is 9.24 Å². The maximum atomic E-state index is 12.3. The van der Waals surface area contributed by atoms with Gasteiger partial charge >= 0.3 is 0 Å². The molecule has 5 nitrogen and oxygen atoms in total. The largest absolute Gasteiger partial charge is 0.341 e. The molecule has 0 aromatic carbocycles. The van der Waals surface area contributed by atoms with Gasteiger partial charge in [0, 0.05) is 18.0 Å². The molecule has 0 bridgehead atoms. The fourth-order valence-electron chi connectivity index (χ4n) is 2.37. The Balaban J connectivity index is 1.71. The Morgan fingerprint density at radius 3 is 2.64 bits per heavy atom. The van der Waals surface area contributed by atoms with Crippen LogP contribution in [0.25, 0.3) is 6.08 Å². The lowest BCUT2D eigenvalue weighted by Gasteiger charge is -2.18. The molecule has 0 spiro atoms. The second-order valence-electron chi connectivity index (χ2n) is 5.00. The van der Waals surface area contributed by atoms with E-state index in [2.05, 4.69) is 0 Å². The first-order chi connectivity index (χ1) is 10.5. The van der Waals surface area contributed by atoms with Crippen molar-refractivity contribution in [1.82, 2.24) is 9.80 Å². The lowest BCUT2D eigenvalue weighted by Crippen LogP contribution is -2.40. The van der Waals surface area contributed by atoms with Crippen molar-refractivity contribution in [1.29, 1.82) is 0 Å². The topological polar surface area (TPSA) is 57.7 Å². The van der Waals surface area contributed by atoms with Crippen molar-refractivity contribution in [3.8, 4) is 0 Å². The van der Waals surface area contributed by atoms with E-state index < -0.39 is 11.1 Å². The number of carbonyl (C=O) groups excluding carboxylic acids is 3. The number of imide groups is 1. The molecule has 2 saturated heterocycles. The average molecular weight is 357 g/mol. The summed E-state index contributed by atoms with van der Waals surface area (Å²) in [4.78, 5) is 40.2. The summed E-state index contributed by atoms with van der Waals surface area (Å²) in [5.74, 6) is -0.577. The van der Waals surface area contributed by atoms with Crippen molar-refractivity contribution in [2.75, 3.05) is 19.6 Å². The predicted molar refractivity (Wildman–Crippen MR) is 87.8 cm³/mol. The van der Waals surface area contributed by atoms with Gasteiger partial charge in [0.15, 0.2) is 0 Å². The number of thiophene rings is 1. The number of amides is 3. The molecule has 22 heavy (non-hydrogen) atoms. The van der Waals surface area contributed by atoms with Crippen LogP contribution in [0.3, 0.4) is 0 Å². The molecule has 0 unspecified atom stereocenters. The Hall–Kier alpha value is -1.31. The molecule has 0 aliphatic carbocycles. The van der Waals surface area contributed by atoms with E-state index in [1.54, 1.807) is 23.1 Å². The average Bonchev–Trinajstić information content (AvgIpc) is 3.18. The lowest BCUT2D eigenvalue weighted by molar-refractivity contribution is -0.135. The summed E-state index contributed by atoms with van der Waals surface area (Å²) < 4.78 is 0.620. The first kappa shape index (κ1) is 15.6. The van der Waals surface area contributed by atoms with Gasteiger partial charge in [-0.15, -0.1) is 11.3 Å². The van der Waals surface area contributed by atoms with Gasteiger partial charge in [-0.25, -0.2) is 0 Å². The SMILES string of the molecule is O=C(CN1C(=O)SC(=Cc2ccc(Cl)s2)C1=O)N1CCCC1. The Labute approximate surface area is 140 Å². The summed E-state index contributed by atoms with van der Waals surface area (Å²) >= 11 is 8.04. The van der Waals surface area contributed by atoms with Crippen molar-refractivity contribution < 1.29 is 14.4 Å². The van der Waals surface area contributed by atoms with Crippen LogP contribution < -0.4 is 0 Å². The van der Waals surface area contributed by atoms with Crippen LogP contribution in [0, 0.1) is 0 Å². The summed E-state index contributed by atoms with van der Waals surface area (Å²) in [5, 5.41) is -0.397. The van der Waals surface area contributed by atoms with Crippen molar-refractivity contribution in [2.45, 2.75) is 12.8 Å². The minimum atomic E-state index is -0.410. The molecule has 0 atom stereocenters. The highest BCUT2D eigenvalue weighted by atomic mass is 35.5. The highest BCUT2D eigenvalue weighted by Gasteiger charge is 2.37. The first-order valence-corrected chi connectivity index (χ1v) is 8.84. The van der Waals surface area contributed by atoms with E-state index in [0.29, 0.717) is 22.3 Å². The number of carbonyl (C=O) groups is 3. The van der Waals surface area contributed by atoms with Gasteiger partial charge in [-0.3, -0.25) is 19.3 Å². The highest BCUT2D eigenvalue weighted by molar-refractivity contribution is 8.18. The third kappa shape index (κ3) is 3.21. The molecule has 1 aromatic rings. The number of rotatable bonds is 3. The van der Waals surface area contributed by atoms with E-state index in [1.807, 2.05) is 0 Å². The van der Waals surface area contributed by atoms with E-state index >= 15 is 0 Å². The summed E-state index contributed by atoms with van der Waals surface area (Å²) in [6, 6.07) is 3.52. The Kier molecular flexibility index (Phi) is 4.56. The molecule has 2 fully saturated rings. The fraction of sp³-hybridized carbons (Fsp3) is 0.357. The van der Waals surface area contributed by atoms with Gasteiger partial charge in [0.25, 0.3) is 11.1 Å². The molecular formula is C14H13ClN2O3S2. The lowest BCUT2D eigenvalue weighted by atomic mass is 10.3. The zero-order valence-corrected chi connectivity index (χ0v) is 14.0. The standard InChI is InChI=1S/C14H13ClN2O3S2/c15-11-4-3-9(21-11)7-10-13(19)17(14(20)22-10)8-12(18)16-5-1-2-6-16/h3-4,7H,1-2,5-6,8H2. The molecule has 3 rings (SSSR count). The van der Waals surface area contributed by atoms with Gasteiger partial charge in [-0.1, -0.05) is 11.6 Å². The Morgan fingerprint density at radius 1 is 1.27 bits per heavy atom. The van der Waals surface area contributed by atoms with Crippen LogP contribution in [0.2, 0.25) is 4.34 Å². The number of nitrogens with zero attached hydrogens (tertiary/aromatic N) is 2. The molecule has 0 saturated carbocycles. The van der Waals surface area contributed by atoms with Crippen molar-refractivity contribution in [3.05, 3.63) is 26.3 Å². The Morgan fingerprint density at radius 2 is 2.00 bits per heavy atom. The third-order valence-corrected chi connectivity index (χ3v) is 5.58. The molecule has 0 radical (unpaired) electrons. The zero-order chi connectivity index (χ0) is 15.7. The van der Waals surface area contributed by atoms with Crippen LogP contribution in [0.1, 0.15) is 17.7 Å². The van der Waals surface area contributed by atoms with Gasteiger partial charge < -0.3 is 4.90 Å². The summed E-state index contributed by atoms with van der Waals surface area (Å²) in [7, 11) is 0. The van der Waals surface area contributed by atoms with Gasteiger partial charge in [-0.2, -0.15) is 0 Å². The highest BCUT2D eigenvalue weighted by Crippen LogP contribution is 2.34. The van der Waals surface area contributed by atoms with Crippen molar-refractivity contribution >= 4 is 57.8 Å². The predicted octanol–water partition coefficient (Wildman–Crippen LogP) is 3.06. The molecule has 1 aromatic heterocycles. The molecule has 116 valence electrons. The van der Waals surface area contributed by atoms with Crippen molar-refractivity contribution in [2.24, 2.45) is 0 Å². The summed E-state index contributed by atoms with van der Waals surface area (Å²) in [6.45, 7) is 1.24. The van der Waals surface area contributed by atoms with Gasteiger partial charge in [0.1, 0.15) is 6.54 Å². The quantitative estimate of drug-likeness (QED) is 0.781. The minimum Gasteiger partial charge on any atom is -0.341 e. The van der Waals surface area contributed by atoms with Crippen LogP contribution in [-0.2, 0) is 9.59 Å². The van der Waals surface area contributed by atoms with Crippen LogP contribution in [0.5, 0.6) is 0 Å². The fourth-order valence-corrected chi connectivity index (χ4v) is 4.28. The molecule has 2 aliphatic heterocycles. The Bertz CT molecular complexity index is 665. The van der Waals surface area contributed by atoms with E-state index in [-0.39, 0.29) is 12.5 Å². The van der Waals surface area contributed by atoms with Gasteiger partial charge in [-0.05, 0) is 42.8 Å². The van der Waals surface area contributed by atoms with E-state index in [4.69, 9.17) is 11.6 Å². The van der Waals surface area contributed by atoms with E-state index in [1.165, 1.54) is 11.3 Å². The summed E-state index contributed by atoms with van der Waals surface area (Å²) in [6.07, 6.45) is 3.60. The van der Waals surface area contributed by atoms with E-state index in [0.717, 1.165) is 34.4 Å². The molecular weight excluding hydrogens is 344 g/mol. The van der Waals surface area contributed by atoms with Gasteiger partial charge in [0.2, 0.25) is 5.91 Å². The first-order valence-electron chi connectivity index (χ1n) is 6.83. The normalized spacial score (nSPS) is 20.5. The molecule has 3 heterocycles. The number of hydrogen-bond donors (Lipinski definition) is 0. The van der Waals surface area contributed by atoms with Crippen molar-refractivity contribution in [3.63, 3.8) is 0 Å². The summed E-state index contributed by atoms with van der Waals surface area (Å²) in [5.41, 5.74) is 0. The van der Waals surface area contributed by atoms with Crippen LogP contribution in [0.4, 0.5) is 4.79 Å². The molecule has 3 amide bonds. The molecule has 0 N–H and O–H groups in total. The number of hydrogen-bond acceptors (Lipinski definition) is 5. The molecule has 2 aliphatic rings. The second kappa shape index (κ2) is 6.44. The van der Waals surface area contributed by atoms with Crippen LogP contribution in [-0.4, -0.2) is 46.5 Å². The van der Waals surface area contributed by atoms with Crippen LogP contribution in [0.15, 0.2) is 17.0 Å². The number of likely N-dealkylation sites (tertiary alicyclic amines) is 1. The number of halogens is 1. The monoisotopic (exact) mass is 356 g/mol. The number of thioether (sulfide) groups is 1. The molecule has 8 heteroatoms. The maximum Gasteiger partial charge on any atom is 0.294 e. The second-order valence-corrected chi connectivity index (χ2v) is 7.74. The zero-order valence-electron chi connectivity index (χ0n) is 11.6. The van der Waals surface area contributed by atoms with Crippen LogP contribution >= 0.6 is 34.7 Å². The maximum absolute atomic E-state index is 12.3. The third-order valence-electron chi connectivity index (χ3n) is 3.49. The van der Waals surface area contributed by atoms with E-state index in [9.17, 15) is 14.4 Å². The minimum absolute atomic E-state index is 0.166. The smallest absolute Gasteiger partial charge is 0.294 e.